The first kappa shape index (κ1) is 10.4. The van der Waals surface area contributed by atoms with Crippen molar-refractivity contribution in [2.75, 3.05) is 0 Å². The Morgan fingerprint density at radius 2 is 1.87 bits per heavy atom. The molecule has 78 valence electrons. The van der Waals surface area contributed by atoms with E-state index >= 15 is 0 Å². The molecule has 0 aliphatic rings. The van der Waals surface area contributed by atoms with E-state index < -0.39 is 0 Å². The fourth-order valence-electron chi connectivity index (χ4n) is 1.28. The molecule has 0 unspecified atom stereocenters. The first-order valence-corrected chi connectivity index (χ1v) is 5.67. The Labute approximate surface area is 97.5 Å². The summed E-state index contributed by atoms with van der Waals surface area (Å²) in [5, 5.41) is 0. The van der Waals surface area contributed by atoms with Crippen LogP contribution in [0.3, 0.4) is 0 Å². The van der Waals surface area contributed by atoms with E-state index in [9.17, 15) is 0 Å². The second kappa shape index (κ2) is 4.19. The lowest BCUT2D eigenvalue weighted by molar-refractivity contribution is 0.571. The molecule has 2 nitrogen and oxygen atoms in total. The Kier molecular flexibility index (Phi) is 2.91. The quantitative estimate of drug-likeness (QED) is 0.813. The minimum Gasteiger partial charge on any atom is -0.444 e. The summed E-state index contributed by atoms with van der Waals surface area (Å²) in [6.07, 6.45) is 1.72. The third-order valence-corrected chi connectivity index (χ3v) is 2.73. The van der Waals surface area contributed by atoms with Crippen molar-refractivity contribution < 1.29 is 4.42 Å². The molecule has 0 aliphatic heterocycles. The maximum atomic E-state index is 5.43. The van der Waals surface area contributed by atoms with Crippen LogP contribution in [-0.2, 0) is 0 Å². The average molecular weight is 266 g/mol. The van der Waals surface area contributed by atoms with Crippen molar-refractivity contribution >= 4 is 15.9 Å². The number of nitrogens with zero attached hydrogens (tertiary/aromatic N) is 1. The summed E-state index contributed by atoms with van der Waals surface area (Å²) in [6, 6.07) is 7.93. The summed E-state index contributed by atoms with van der Waals surface area (Å²) >= 11 is 3.40. The first-order valence-electron chi connectivity index (χ1n) is 4.88. The van der Waals surface area contributed by atoms with Crippen molar-refractivity contribution in [3.8, 4) is 11.5 Å². The molecule has 2 rings (SSSR count). The molecule has 3 heteroatoms. The number of hydrogen-bond acceptors (Lipinski definition) is 2. The topological polar surface area (TPSA) is 26.0 Å². The second-order valence-corrected chi connectivity index (χ2v) is 4.65. The summed E-state index contributed by atoms with van der Waals surface area (Å²) in [5.41, 5.74) is 2.00. The minimum atomic E-state index is 0.401. The zero-order valence-electron chi connectivity index (χ0n) is 8.70. The Morgan fingerprint density at radius 1 is 1.20 bits per heavy atom. The predicted octanol–water partition coefficient (Wildman–Crippen LogP) is 4.23. The van der Waals surface area contributed by atoms with E-state index in [1.807, 2.05) is 24.3 Å². The molecule has 1 aromatic heterocycles. The van der Waals surface area contributed by atoms with Crippen molar-refractivity contribution in [3.05, 3.63) is 40.7 Å². The highest BCUT2D eigenvalue weighted by Crippen LogP contribution is 2.23. The molecule has 0 saturated heterocycles. The number of aromatic nitrogens is 1. The highest BCUT2D eigenvalue weighted by atomic mass is 79.9. The van der Waals surface area contributed by atoms with Gasteiger partial charge in [-0.2, -0.15) is 0 Å². The Morgan fingerprint density at radius 3 is 2.40 bits per heavy atom. The zero-order valence-corrected chi connectivity index (χ0v) is 10.3. The van der Waals surface area contributed by atoms with Gasteiger partial charge in [0, 0.05) is 10.0 Å². The van der Waals surface area contributed by atoms with E-state index in [2.05, 4.69) is 34.8 Å². The summed E-state index contributed by atoms with van der Waals surface area (Å²) in [5.74, 6) is 1.09. The highest BCUT2D eigenvalue weighted by molar-refractivity contribution is 9.10. The lowest BCUT2D eigenvalue weighted by Gasteiger charge is -1.96. The van der Waals surface area contributed by atoms with E-state index in [1.165, 1.54) is 0 Å². The Bertz CT molecular complexity index is 445. The summed E-state index contributed by atoms with van der Waals surface area (Å²) < 4.78 is 6.48. The number of oxazole rings is 1. The smallest absolute Gasteiger partial charge is 0.226 e. The zero-order chi connectivity index (χ0) is 10.8. The van der Waals surface area contributed by atoms with Crippen LogP contribution in [0, 0.1) is 0 Å². The lowest BCUT2D eigenvalue weighted by atomic mass is 10.1. The van der Waals surface area contributed by atoms with Crippen LogP contribution in [0.2, 0.25) is 0 Å². The number of hydrogen-bond donors (Lipinski definition) is 0. The molecule has 0 N–H and O–H groups in total. The molecule has 15 heavy (non-hydrogen) atoms. The van der Waals surface area contributed by atoms with Gasteiger partial charge in [-0.15, -0.1) is 0 Å². The van der Waals surface area contributed by atoms with Gasteiger partial charge in [0.05, 0.1) is 5.69 Å². The van der Waals surface area contributed by atoms with E-state index in [0.717, 1.165) is 15.7 Å². The van der Waals surface area contributed by atoms with E-state index in [1.54, 1.807) is 6.26 Å². The molecule has 0 saturated carbocycles. The molecule has 1 heterocycles. The molecule has 0 radical (unpaired) electrons. The Balaban J connectivity index is 2.33. The molecular weight excluding hydrogens is 254 g/mol. The van der Waals surface area contributed by atoms with Crippen LogP contribution < -0.4 is 0 Å². The predicted molar refractivity (Wildman–Crippen MR) is 63.7 cm³/mol. The maximum Gasteiger partial charge on any atom is 0.226 e. The third-order valence-electron chi connectivity index (χ3n) is 2.20. The van der Waals surface area contributed by atoms with Crippen molar-refractivity contribution in [2.24, 2.45) is 0 Å². The molecule has 0 fully saturated rings. The van der Waals surface area contributed by atoms with Crippen molar-refractivity contribution in [3.63, 3.8) is 0 Å². The molecule has 0 spiro atoms. The molecule has 0 amide bonds. The third kappa shape index (κ3) is 2.29. The number of rotatable bonds is 2. The second-order valence-electron chi connectivity index (χ2n) is 3.74. The lowest BCUT2D eigenvalue weighted by Crippen LogP contribution is -1.86. The number of halogens is 1. The standard InChI is InChI=1S/C12H12BrNO/c1-8(2)11-7-15-12(14-11)9-3-5-10(13)6-4-9/h3-8H,1-2H3. The molecule has 0 bridgehead atoms. The van der Waals surface area contributed by atoms with Gasteiger partial charge < -0.3 is 4.42 Å². The van der Waals surface area contributed by atoms with Crippen LogP contribution in [0.1, 0.15) is 25.5 Å². The fourth-order valence-corrected chi connectivity index (χ4v) is 1.54. The molecule has 0 aliphatic carbocycles. The van der Waals surface area contributed by atoms with Gasteiger partial charge in [0.2, 0.25) is 5.89 Å². The van der Waals surface area contributed by atoms with Gasteiger partial charge in [0.25, 0.3) is 0 Å². The normalized spacial score (nSPS) is 10.9. The van der Waals surface area contributed by atoms with Gasteiger partial charge in [-0.1, -0.05) is 29.8 Å². The summed E-state index contributed by atoms with van der Waals surface area (Å²) in [4.78, 5) is 4.43. The van der Waals surface area contributed by atoms with Crippen LogP contribution in [0.15, 0.2) is 39.4 Å². The van der Waals surface area contributed by atoms with Crippen LogP contribution in [0.25, 0.3) is 11.5 Å². The molecule has 0 atom stereocenters. The van der Waals surface area contributed by atoms with Gasteiger partial charge in [-0.05, 0) is 30.2 Å². The number of benzene rings is 1. The van der Waals surface area contributed by atoms with Crippen molar-refractivity contribution in [2.45, 2.75) is 19.8 Å². The van der Waals surface area contributed by atoms with Gasteiger partial charge >= 0.3 is 0 Å². The highest BCUT2D eigenvalue weighted by Gasteiger charge is 2.08. The van der Waals surface area contributed by atoms with E-state index in [0.29, 0.717) is 11.8 Å². The SMILES string of the molecule is CC(C)c1coc(-c2ccc(Br)cc2)n1. The average Bonchev–Trinajstić information content (AvgIpc) is 2.68. The minimum absolute atomic E-state index is 0.401. The van der Waals surface area contributed by atoms with Crippen molar-refractivity contribution in [1.29, 1.82) is 0 Å². The van der Waals surface area contributed by atoms with Crippen molar-refractivity contribution in [1.82, 2.24) is 4.98 Å². The van der Waals surface area contributed by atoms with Gasteiger partial charge in [0.1, 0.15) is 6.26 Å². The first-order chi connectivity index (χ1) is 7.16. The maximum absolute atomic E-state index is 5.43. The van der Waals surface area contributed by atoms with Gasteiger partial charge in [-0.3, -0.25) is 0 Å². The Hall–Kier alpha value is -1.09. The van der Waals surface area contributed by atoms with Gasteiger partial charge in [-0.25, -0.2) is 4.98 Å². The molecular formula is C12H12BrNO. The van der Waals surface area contributed by atoms with E-state index in [-0.39, 0.29) is 0 Å². The van der Waals surface area contributed by atoms with Crippen LogP contribution in [-0.4, -0.2) is 4.98 Å². The molecule has 1 aromatic carbocycles. The van der Waals surface area contributed by atoms with Crippen LogP contribution in [0.4, 0.5) is 0 Å². The monoisotopic (exact) mass is 265 g/mol. The largest absolute Gasteiger partial charge is 0.444 e. The van der Waals surface area contributed by atoms with Crippen LogP contribution in [0.5, 0.6) is 0 Å². The molecule has 2 aromatic rings. The van der Waals surface area contributed by atoms with Gasteiger partial charge in [0.15, 0.2) is 0 Å². The fraction of sp³-hybridized carbons (Fsp3) is 0.250. The van der Waals surface area contributed by atoms with E-state index in [4.69, 9.17) is 4.42 Å². The summed E-state index contributed by atoms with van der Waals surface area (Å²) in [6.45, 7) is 4.20. The summed E-state index contributed by atoms with van der Waals surface area (Å²) in [7, 11) is 0. The van der Waals surface area contributed by atoms with Crippen LogP contribution >= 0.6 is 15.9 Å².